The maximum absolute atomic E-state index is 10.6. The molecule has 3 rings (SSSR count). The van der Waals surface area contributed by atoms with E-state index < -0.39 is 4.92 Å². The van der Waals surface area contributed by atoms with Crippen LogP contribution in [0.5, 0.6) is 0 Å². The highest BCUT2D eigenvalue weighted by atomic mass is 35.5. The molecule has 10 heteroatoms. The molecule has 0 spiro atoms. The summed E-state index contributed by atoms with van der Waals surface area (Å²) in [6.45, 7) is 0. The highest BCUT2D eigenvalue weighted by molar-refractivity contribution is 7.99. The normalized spacial score (nSPS) is 10.7. The molecule has 3 aromatic rings. The minimum atomic E-state index is -0.505. The fourth-order valence-corrected chi connectivity index (χ4v) is 2.93. The van der Waals surface area contributed by atoms with E-state index in [1.54, 1.807) is 18.2 Å². The van der Waals surface area contributed by atoms with Gasteiger partial charge in [0.15, 0.2) is 5.82 Å². The lowest BCUT2D eigenvalue weighted by Gasteiger charge is -1.98. The Morgan fingerprint density at radius 2 is 1.91 bits per heavy atom. The van der Waals surface area contributed by atoms with E-state index in [1.807, 2.05) is 0 Å². The Labute approximate surface area is 144 Å². The number of nitrogens with zero attached hydrogens (tertiary/aromatic N) is 4. The maximum atomic E-state index is 10.6. The third kappa shape index (κ3) is 3.79. The van der Waals surface area contributed by atoms with E-state index in [0.717, 1.165) is 0 Å². The second-order valence-electron chi connectivity index (χ2n) is 4.34. The summed E-state index contributed by atoms with van der Waals surface area (Å²) in [5.74, 6) is 0.513. The van der Waals surface area contributed by atoms with Crippen LogP contribution >= 0.6 is 35.0 Å². The van der Waals surface area contributed by atoms with Crippen LogP contribution in [0.15, 0.2) is 46.7 Å². The number of hydrogen-bond acceptors (Lipinski definition) is 6. The first-order valence-electron chi connectivity index (χ1n) is 6.18. The second-order valence-corrected chi connectivity index (χ2v) is 6.20. The van der Waals surface area contributed by atoms with Crippen molar-refractivity contribution in [2.45, 2.75) is 10.2 Å². The third-order valence-corrected chi connectivity index (χ3v) is 3.98. The molecule has 0 radical (unpaired) electrons. The number of rotatable bonds is 4. The van der Waals surface area contributed by atoms with E-state index in [4.69, 9.17) is 23.2 Å². The van der Waals surface area contributed by atoms with Gasteiger partial charge in [-0.15, -0.1) is 5.10 Å². The van der Waals surface area contributed by atoms with Gasteiger partial charge in [-0.3, -0.25) is 15.2 Å². The largest absolute Gasteiger partial charge is 0.287 e. The van der Waals surface area contributed by atoms with E-state index >= 15 is 0 Å². The molecule has 0 aliphatic rings. The molecule has 0 fully saturated rings. The van der Waals surface area contributed by atoms with Crippen LogP contribution in [0.1, 0.15) is 0 Å². The molecule has 2 aromatic heterocycles. The second kappa shape index (κ2) is 6.53. The molecule has 0 atom stereocenters. The first kappa shape index (κ1) is 15.7. The molecule has 23 heavy (non-hydrogen) atoms. The summed E-state index contributed by atoms with van der Waals surface area (Å²) in [5, 5.41) is 19.4. The monoisotopic (exact) mass is 367 g/mol. The van der Waals surface area contributed by atoms with Gasteiger partial charge in [0.1, 0.15) is 11.2 Å². The average molecular weight is 368 g/mol. The molecular weight excluding hydrogens is 361 g/mol. The predicted molar refractivity (Wildman–Crippen MR) is 86.9 cm³/mol. The quantitative estimate of drug-likeness (QED) is 0.547. The summed E-state index contributed by atoms with van der Waals surface area (Å²) >= 11 is 13.1. The lowest BCUT2D eigenvalue weighted by atomic mass is 10.2. The van der Waals surface area contributed by atoms with E-state index in [-0.39, 0.29) is 5.69 Å². The minimum Gasteiger partial charge on any atom is -0.258 e. The van der Waals surface area contributed by atoms with Crippen molar-refractivity contribution in [2.75, 3.05) is 0 Å². The van der Waals surface area contributed by atoms with E-state index in [9.17, 15) is 10.1 Å². The van der Waals surface area contributed by atoms with E-state index in [1.165, 1.54) is 30.1 Å². The molecule has 0 aliphatic heterocycles. The SMILES string of the molecule is O=[N+]([O-])c1ccc(Sc2n[nH]c(-c3cc(Cl)cc(Cl)c3)n2)nc1. The Kier molecular flexibility index (Phi) is 4.46. The molecule has 0 amide bonds. The standard InChI is InChI=1S/C13H7Cl2N5O2S/c14-8-3-7(4-9(15)5-8)12-17-13(19-18-12)23-11-2-1-10(6-16-11)20(21)22/h1-6H,(H,17,18,19). The summed E-state index contributed by atoms with van der Waals surface area (Å²) in [4.78, 5) is 18.4. The van der Waals surface area contributed by atoms with Crippen LogP contribution in [0.25, 0.3) is 11.4 Å². The number of nitro groups is 1. The van der Waals surface area contributed by atoms with Gasteiger partial charge < -0.3 is 0 Å². The Hall–Kier alpha value is -2.16. The summed E-state index contributed by atoms with van der Waals surface area (Å²) in [6, 6.07) is 7.97. The van der Waals surface area contributed by atoms with Crippen molar-refractivity contribution in [3.63, 3.8) is 0 Å². The lowest BCUT2D eigenvalue weighted by molar-refractivity contribution is -0.385. The highest BCUT2D eigenvalue weighted by Gasteiger charge is 2.11. The lowest BCUT2D eigenvalue weighted by Crippen LogP contribution is -1.89. The summed E-state index contributed by atoms with van der Waals surface area (Å²) in [7, 11) is 0. The van der Waals surface area contributed by atoms with Crippen LogP contribution in [-0.4, -0.2) is 25.1 Å². The van der Waals surface area contributed by atoms with Crippen molar-refractivity contribution >= 4 is 40.7 Å². The zero-order valence-corrected chi connectivity index (χ0v) is 13.6. The van der Waals surface area contributed by atoms with Crippen molar-refractivity contribution in [3.05, 3.63) is 56.7 Å². The van der Waals surface area contributed by atoms with Gasteiger partial charge in [0.2, 0.25) is 5.16 Å². The first-order valence-corrected chi connectivity index (χ1v) is 7.76. The van der Waals surface area contributed by atoms with Gasteiger partial charge in [0.05, 0.1) is 4.92 Å². The number of aromatic nitrogens is 4. The Bertz CT molecular complexity index is 849. The van der Waals surface area contributed by atoms with Gasteiger partial charge in [-0.2, -0.15) is 0 Å². The Morgan fingerprint density at radius 1 is 1.17 bits per heavy atom. The van der Waals surface area contributed by atoms with Crippen molar-refractivity contribution in [3.8, 4) is 11.4 Å². The predicted octanol–water partition coefficient (Wildman–Crippen LogP) is 4.23. The fourth-order valence-electron chi connectivity index (χ4n) is 1.75. The minimum absolute atomic E-state index is 0.0707. The average Bonchev–Trinajstić information content (AvgIpc) is 2.95. The molecule has 7 nitrogen and oxygen atoms in total. The molecule has 1 N–H and O–H groups in total. The van der Waals surface area contributed by atoms with Gasteiger partial charge in [0.25, 0.3) is 5.69 Å². The zero-order valence-electron chi connectivity index (χ0n) is 11.2. The molecular formula is C13H7Cl2N5O2S. The smallest absolute Gasteiger partial charge is 0.258 e. The van der Waals surface area contributed by atoms with Crippen LogP contribution in [0.4, 0.5) is 5.69 Å². The van der Waals surface area contributed by atoms with Gasteiger partial charge >= 0.3 is 0 Å². The van der Waals surface area contributed by atoms with Crippen molar-refractivity contribution in [2.24, 2.45) is 0 Å². The van der Waals surface area contributed by atoms with Crippen LogP contribution in [0, 0.1) is 10.1 Å². The number of halogens is 2. The van der Waals surface area contributed by atoms with E-state index in [2.05, 4.69) is 20.2 Å². The molecule has 1 aromatic carbocycles. The summed E-state index contributed by atoms with van der Waals surface area (Å²) < 4.78 is 0. The molecule has 0 saturated carbocycles. The maximum Gasteiger partial charge on any atom is 0.287 e. The Balaban J connectivity index is 1.80. The van der Waals surface area contributed by atoms with Crippen molar-refractivity contribution < 1.29 is 4.92 Å². The number of benzene rings is 1. The van der Waals surface area contributed by atoms with E-state index in [0.29, 0.717) is 31.6 Å². The number of aromatic amines is 1. The number of pyridine rings is 1. The van der Waals surface area contributed by atoms with Gasteiger partial charge in [0, 0.05) is 21.7 Å². The molecule has 2 heterocycles. The fraction of sp³-hybridized carbons (Fsp3) is 0. The van der Waals surface area contributed by atoms with Gasteiger partial charge in [-0.25, -0.2) is 9.97 Å². The Morgan fingerprint density at radius 3 is 2.52 bits per heavy atom. The number of nitrogens with one attached hydrogen (secondary N) is 1. The summed E-state index contributed by atoms with van der Waals surface area (Å²) in [5.41, 5.74) is 0.636. The number of hydrogen-bond donors (Lipinski definition) is 1. The third-order valence-electron chi connectivity index (χ3n) is 2.73. The zero-order chi connectivity index (χ0) is 16.4. The van der Waals surface area contributed by atoms with Crippen LogP contribution in [0.3, 0.4) is 0 Å². The first-order chi connectivity index (χ1) is 11.0. The molecule has 116 valence electrons. The number of H-pyrrole nitrogens is 1. The van der Waals surface area contributed by atoms with Crippen molar-refractivity contribution in [1.29, 1.82) is 0 Å². The van der Waals surface area contributed by atoms with Crippen LogP contribution in [0.2, 0.25) is 10.0 Å². The van der Waals surface area contributed by atoms with Gasteiger partial charge in [-0.05, 0) is 36.0 Å². The summed E-state index contributed by atoms with van der Waals surface area (Å²) in [6.07, 6.45) is 1.19. The molecule has 0 saturated heterocycles. The van der Waals surface area contributed by atoms with Gasteiger partial charge in [-0.1, -0.05) is 23.2 Å². The molecule has 0 unspecified atom stereocenters. The van der Waals surface area contributed by atoms with Crippen LogP contribution < -0.4 is 0 Å². The molecule has 0 aliphatic carbocycles. The topological polar surface area (TPSA) is 97.6 Å². The van der Waals surface area contributed by atoms with Crippen molar-refractivity contribution in [1.82, 2.24) is 20.2 Å². The highest BCUT2D eigenvalue weighted by Crippen LogP contribution is 2.28. The van der Waals surface area contributed by atoms with Crippen LogP contribution in [-0.2, 0) is 0 Å². The molecule has 0 bridgehead atoms.